The number of Topliss-reactive ketones (excluding diaryl/α,β-unsaturated/α-hetero) is 1. The summed E-state index contributed by atoms with van der Waals surface area (Å²) in [5, 5.41) is 8.90. The number of carboxylic acids is 1. The Hall–Kier alpha value is -2.04. The van der Waals surface area contributed by atoms with Gasteiger partial charge in [0, 0.05) is 5.56 Å². The van der Waals surface area contributed by atoms with Gasteiger partial charge in [-0.25, -0.2) is 4.79 Å². The van der Waals surface area contributed by atoms with Crippen molar-refractivity contribution in [2.24, 2.45) is 0 Å². The summed E-state index contributed by atoms with van der Waals surface area (Å²) in [4.78, 5) is 22.2. The number of carbonyl (C=O) groups is 2. The van der Waals surface area contributed by atoms with E-state index in [1.54, 1.807) is 0 Å². The van der Waals surface area contributed by atoms with Crippen LogP contribution in [0.3, 0.4) is 0 Å². The van der Waals surface area contributed by atoms with E-state index in [0.717, 1.165) is 16.7 Å². The number of hydrogen-bond acceptors (Lipinski definition) is 3. The molecular weight excluding hydrogens is 339 g/mol. The van der Waals surface area contributed by atoms with Crippen LogP contribution in [0.1, 0.15) is 27.0 Å². The molecular formula is C17H14Cl2O4. The second kappa shape index (κ2) is 7.02. The highest BCUT2D eigenvalue weighted by atomic mass is 35.5. The number of aliphatic carboxylic acids is 1. The Labute approximate surface area is 143 Å². The monoisotopic (exact) mass is 352 g/mol. The Morgan fingerprint density at radius 3 is 2.00 bits per heavy atom. The van der Waals surface area contributed by atoms with Crippen molar-refractivity contribution in [2.75, 3.05) is 0 Å². The molecule has 2 aromatic carbocycles. The highest BCUT2D eigenvalue weighted by Gasteiger charge is 2.19. The molecule has 0 aliphatic heterocycles. The number of halogens is 2. The zero-order valence-corrected chi connectivity index (χ0v) is 14.0. The molecule has 23 heavy (non-hydrogen) atoms. The molecule has 2 rings (SSSR count). The average molecular weight is 353 g/mol. The van der Waals surface area contributed by atoms with Gasteiger partial charge < -0.3 is 9.84 Å². The van der Waals surface area contributed by atoms with Crippen molar-refractivity contribution in [3.05, 3.63) is 62.6 Å². The standard InChI is InChI=1S/C17H14Cl2O4/c1-9-3-10(2)5-11(4-9)8-23-16-13(18)6-12(7-14(16)19)15(20)17(21)22/h3-7H,8H2,1-2H3,(H,21,22). The summed E-state index contributed by atoms with van der Waals surface area (Å²) in [7, 11) is 0. The molecule has 0 amide bonds. The molecule has 0 saturated carbocycles. The lowest BCUT2D eigenvalue weighted by Gasteiger charge is -2.12. The third-order valence-corrected chi connectivity index (χ3v) is 3.68. The highest BCUT2D eigenvalue weighted by molar-refractivity contribution is 6.42. The normalized spacial score (nSPS) is 10.4. The van der Waals surface area contributed by atoms with Crippen molar-refractivity contribution in [1.82, 2.24) is 0 Å². The van der Waals surface area contributed by atoms with Crippen LogP contribution < -0.4 is 4.74 Å². The SMILES string of the molecule is Cc1cc(C)cc(COc2c(Cl)cc(C(=O)C(=O)O)cc2Cl)c1. The lowest BCUT2D eigenvalue weighted by Crippen LogP contribution is -2.12. The number of aryl methyl sites for hydroxylation is 2. The Balaban J connectivity index is 2.23. The first-order valence-electron chi connectivity index (χ1n) is 6.74. The molecule has 4 nitrogen and oxygen atoms in total. The zero-order valence-electron chi connectivity index (χ0n) is 12.5. The fourth-order valence-corrected chi connectivity index (χ4v) is 2.86. The average Bonchev–Trinajstić information content (AvgIpc) is 2.44. The van der Waals surface area contributed by atoms with E-state index in [1.165, 1.54) is 12.1 Å². The summed E-state index contributed by atoms with van der Waals surface area (Å²) in [5.41, 5.74) is 3.10. The lowest BCUT2D eigenvalue weighted by atomic mass is 10.1. The Kier molecular flexibility index (Phi) is 5.29. The maximum absolute atomic E-state index is 11.5. The van der Waals surface area contributed by atoms with Gasteiger partial charge in [0.15, 0.2) is 5.75 Å². The van der Waals surface area contributed by atoms with Crippen molar-refractivity contribution in [3.8, 4) is 5.75 Å². The van der Waals surface area contributed by atoms with Crippen LogP contribution in [0.25, 0.3) is 0 Å². The molecule has 0 aliphatic carbocycles. The first-order chi connectivity index (χ1) is 10.8. The van der Waals surface area contributed by atoms with Crippen LogP contribution in [0.4, 0.5) is 0 Å². The quantitative estimate of drug-likeness (QED) is 0.637. The van der Waals surface area contributed by atoms with Crippen molar-refractivity contribution in [2.45, 2.75) is 20.5 Å². The summed E-state index contributed by atoms with van der Waals surface area (Å²) in [6.07, 6.45) is 0. The fraction of sp³-hybridized carbons (Fsp3) is 0.176. The summed E-state index contributed by atoms with van der Waals surface area (Å²) in [6, 6.07) is 8.49. The largest absolute Gasteiger partial charge is 0.486 e. The van der Waals surface area contributed by atoms with E-state index in [9.17, 15) is 9.59 Å². The molecule has 0 aliphatic rings. The van der Waals surface area contributed by atoms with Crippen LogP contribution in [-0.2, 0) is 11.4 Å². The smallest absolute Gasteiger partial charge is 0.377 e. The van der Waals surface area contributed by atoms with Gasteiger partial charge in [-0.05, 0) is 31.5 Å². The van der Waals surface area contributed by atoms with Crippen LogP contribution in [-0.4, -0.2) is 16.9 Å². The number of ketones is 1. The summed E-state index contributed by atoms with van der Waals surface area (Å²) in [6.45, 7) is 4.24. The molecule has 0 spiro atoms. The third-order valence-electron chi connectivity index (χ3n) is 3.12. The van der Waals surface area contributed by atoms with Gasteiger partial charge in [-0.3, -0.25) is 4.79 Å². The first kappa shape index (κ1) is 17.3. The van der Waals surface area contributed by atoms with Gasteiger partial charge in [-0.15, -0.1) is 0 Å². The van der Waals surface area contributed by atoms with Gasteiger partial charge >= 0.3 is 5.97 Å². The molecule has 2 aromatic rings. The van der Waals surface area contributed by atoms with Crippen molar-refractivity contribution in [3.63, 3.8) is 0 Å². The van der Waals surface area contributed by atoms with Gasteiger partial charge in [-0.2, -0.15) is 0 Å². The number of carbonyl (C=O) groups excluding carboxylic acids is 1. The molecule has 0 heterocycles. The Bertz CT molecular complexity index is 741. The van der Waals surface area contributed by atoms with E-state index in [-0.39, 0.29) is 28.0 Å². The summed E-state index contributed by atoms with van der Waals surface area (Å²) < 4.78 is 5.64. The molecule has 0 atom stereocenters. The van der Waals surface area contributed by atoms with Crippen LogP contribution in [0.15, 0.2) is 30.3 Å². The van der Waals surface area contributed by atoms with Crippen molar-refractivity contribution >= 4 is 35.0 Å². The zero-order chi connectivity index (χ0) is 17.1. The van der Waals surface area contributed by atoms with Gasteiger partial charge in [0.05, 0.1) is 10.0 Å². The van der Waals surface area contributed by atoms with Crippen molar-refractivity contribution in [1.29, 1.82) is 0 Å². The summed E-state index contributed by atoms with van der Waals surface area (Å²) in [5.74, 6) is -2.43. The first-order valence-corrected chi connectivity index (χ1v) is 7.50. The van der Waals surface area contributed by atoms with Crippen LogP contribution in [0, 0.1) is 13.8 Å². The number of ether oxygens (including phenoxy) is 1. The maximum Gasteiger partial charge on any atom is 0.377 e. The van der Waals surface area contributed by atoms with E-state index < -0.39 is 11.8 Å². The molecule has 120 valence electrons. The van der Waals surface area contributed by atoms with E-state index in [1.807, 2.05) is 26.0 Å². The fourth-order valence-electron chi connectivity index (χ4n) is 2.26. The molecule has 0 radical (unpaired) electrons. The predicted molar refractivity (Wildman–Crippen MR) is 88.7 cm³/mol. The minimum Gasteiger partial charge on any atom is -0.486 e. The second-order valence-corrected chi connectivity index (χ2v) is 6.00. The number of carboxylic acid groups (broad SMARTS) is 1. The second-order valence-electron chi connectivity index (χ2n) is 5.19. The Morgan fingerprint density at radius 1 is 1.00 bits per heavy atom. The minimum atomic E-state index is -1.57. The molecule has 0 bridgehead atoms. The Morgan fingerprint density at radius 2 is 1.52 bits per heavy atom. The molecule has 0 saturated heterocycles. The lowest BCUT2D eigenvalue weighted by molar-refractivity contribution is -0.131. The molecule has 0 fully saturated rings. The maximum atomic E-state index is 11.5. The van der Waals surface area contributed by atoms with E-state index in [2.05, 4.69) is 6.07 Å². The molecule has 6 heteroatoms. The van der Waals surface area contributed by atoms with Crippen LogP contribution in [0.2, 0.25) is 10.0 Å². The predicted octanol–water partition coefficient (Wildman–Crippen LogP) is 4.46. The highest BCUT2D eigenvalue weighted by Crippen LogP contribution is 2.35. The number of rotatable bonds is 5. The van der Waals surface area contributed by atoms with Crippen molar-refractivity contribution < 1.29 is 19.4 Å². The summed E-state index contributed by atoms with van der Waals surface area (Å²) >= 11 is 12.1. The van der Waals surface area contributed by atoms with Gasteiger partial charge in [0.2, 0.25) is 0 Å². The van der Waals surface area contributed by atoms with Crippen LogP contribution >= 0.6 is 23.2 Å². The topological polar surface area (TPSA) is 63.6 Å². The van der Waals surface area contributed by atoms with Gasteiger partial charge in [-0.1, -0.05) is 52.5 Å². The number of benzene rings is 2. The minimum absolute atomic E-state index is 0.0893. The van der Waals surface area contributed by atoms with Gasteiger partial charge in [0.1, 0.15) is 6.61 Å². The van der Waals surface area contributed by atoms with E-state index >= 15 is 0 Å². The molecule has 0 aromatic heterocycles. The van der Waals surface area contributed by atoms with Gasteiger partial charge in [0.25, 0.3) is 5.78 Å². The molecule has 0 unspecified atom stereocenters. The van der Waals surface area contributed by atoms with E-state index in [4.69, 9.17) is 33.0 Å². The molecule has 1 N–H and O–H groups in total. The third kappa shape index (κ3) is 4.24. The van der Waals surface area contributed by atoms with E-state index in [0.29, 0.717) is 0 Å². The number of hydrogen-bond donors (Lipinski definition) is 1. The van der Waals surface area contributed by atoms with Crippen LogP contribution in [0.5, 0.6) is 5.75 Å².